The van der Waals surface area contributed by atoms with Gasteiger partial charge in [0.05, 0.1) is 18.4 Å². The van der Waals surface area contributed by atoms with Crippen LogP contribution in [0, 0.1) is 5.92 Å². The zero-order valence-electron chi connectivity index (χ0n) is 20.4. The van der Waals surface area contributed by atoms with E-state index in [9.17, 15) is 32.7 Å². The summed E-state index contributed by atoms with van der Waals surface area (Å²) in [6.07, 6.45) is -0.571. The number of carbonyl (C=O) groups is 3. The number of nitrogens with one attached hydrogen (secondary N) is 2. The summed E-state index contributed by atoms with van der Waals surface area (Å²) in [7, 11) is 0. The Bertz CT molecular complexity index is 1390. The molecule has 1 saturated heterocycles. The van der Waals surface area contributed by atoms with E-state index in [-0.39, 0.29) is 22.4 Å². The molecule has 4 heterocycles. The lowest BCUT2D eigenvalue weighted by atomic mass is 9.96. The van der Waals surface area contributed by atoms with Crippen molar-refractivity contribution < 1.29 is 32.7 Å². The van der Waals surface area contributed by atoms with Gasteiger partial charge >= 0.3 is 6.18 Å². The normalized spacial score (nSPS) is 15.0. The Morgan fingerprint density at radius 3 is 2.49 bits per heavy atom. The number of pyridine rings is 1. The van der Waals surface area contributed by atoms with Crippen molar-refractivity contribution in [2.24, 2.45) is 11.7 Å². The standard InChI is InChI=1S/C23H23F3N8O4S/c1-11(32-20(37)14-7-18(31-10-30-14)34-4-2-12(3-5-34)19(27)36)22-29-9-16(39-22)21(38)33-17-6-13(23(24,25)26)15(35)8-28-17/h6-12,35H,2-5H2,1H3,(H2,27,36)(H,32,37)(H,28,33,38)/t11-/m1/s1. The first-order chi connectivity index (χ1) is 18.4. The van der Waals surface area contributed by atoms with Gasteiger partial charge in [0, 0.05) is 25.1 Å². The number of hydrogen-bond donors (Lipinski definition) is 4. The van der Waals surface area contributed by atoms with Crippen molar-refractivity contribution in [3.63, 3.8) is 0 Å². The van der Waals surface area contributed by atoms with Crippen LogP contribution < -0.4 is 21.3 Å². The number of nitrogens with zero attached hydrogens (tertiary/aromatic N) is 5. The van der Waals surface area contributed by atoms with Crippen LogP contribution in [0.5, 0.6) is 5.75 Å². The molecule has 1 fully saturated rings. The number of piperidine rings is 1. The second-order valence-electron chi connectivity index (χ2n) is 8.72. The number of carbonyl (C=O) groups excluding carboxylic acids is 3. The topological polar surface area (TPSA) is 176 Å². The van der Waals surface area contributed by atoms with E-state index in [0.717, 1.165) is 11.3 Å². The molecule has 1 atom stereocenters. The Labute approximate surface area is 223 Å². The number of aromatic hydroxyl groups is 1. The van der Waals surface area contributed by atoms with Gasteiger partial charge in [-0.15, -0.1) is 11.3 Å². The Morgan fingerprint density at radius 2 is 1.82 bits per heavy atom. The molecule has 16 heteroatoms. The van der Waals surface area contributed by atoms with Gasteiger partial charge < -0.3 is 26.4 Å². The Balaban J connectivity index is 1.38. The number of amides is 3. The Morgan fingerprint density at radius 1 is 1.10 bits per heavy atom. The van der Waals surface area contributed by atoms with Crippen LogP contribution >= 0.6 is 11.3 Å². The summed E-state index contributed by atoms with van der Waals surface area (Å²) in [6.45, 7) is 2.76. The second-order valence-corrected chi connectivity index (χ2v) is 9.78. The summed E-state index contributed by atoms with van der Waals surface area (Å²) in [6, 6.07) is 1.43. The lowest BCUT2D eigenvalue weighted by molar-refractivity contribution is -0.138. The molecule has 12 nitrogen and oxygen atoms in total. The molecule has 0 spiro atoms. The van der Waals surface area contributed by atoms with Crippen LogP contribution in [0.2, 0.25) is 0 Å². The predicted molar refractivity (Wildman–Crippen MR) is 133 cm³/mol. The molecule has 39 heavy (non-hydrogen) atoms. The van der Waals surface area contributed by atoms with Gasteiger partial charge in [-0.3, -0.25) is 14.4 Å². The van der Waals surface area contributed by atoms with Crippen molar-refractivity contribution in [3.8, 4) is 5.75 Å². The minimum Gasteiger partial charge on any atom is -0.506 e. The van der Waals surface area contributed by atoms with E-state index in [1.807, 2.05) is 4.90 Å². The number of nitrogens with two attached hydrogens (primary N) is 1. The summed E-state index contributed by atoms with van der Waals surface area (Å²) in [4.78, 5) is 54.7. The van der Waals surface area contributed by atoms with Gasteiger partial charge in [0.25, 0.3) is 11.8 Å². The Hall–Kier alpha value is -4.34. The second kappa shape index (κ2) is 11.2. The molecular formula is C23H23F3N8O4S. The lowest BCUT2D eigenvalue weighted by Gasteiger charge is -2.31. The fourth-order valence-electron chi connectivity index (χ4n) is 3.88. The highest BCUT2D eigenvalue weighted by molar-refractivity contribution is 7.13. The molecule has 0 radical (unpaired) electrons. The summed E-state index contributed by atoms with van der Waals surface area (Å²) in [5, 5.41) is 14.7. The van der Waals surface area contributed by atoms with Crippen LogP contribution in [0.15, 0.2) is 30.9 Å². The van der Waals surface area contributed by atoms with E-state index >= 15 is 0 Å². The van der Waals surface area contributed by atoms with E-state index < -0.39 is 41.2 Å². The van der Waals surface area contributed by atoms with Crippen molar-refractivity contribution in [1.29, 1.82) is 0 Å². The molecule has 4 rings (SSSR count). The molecule has 0 aliphatic carbocycles. The van der Waals surface area contributed by atoms with Crippen molar-refractivity contribution >= 4 is 40.7 Å². The quantitative estimate of drug-likeness (QED) is 0.336. The zero-order valence-corrected chi connectivity index (χ0v) is 21.2. The van der Waals surface area contributed by atoms with Crippen molar-refractivity contribution in [2.45, 2.75) is 32.0 Å². The van der Waals surface area contributed by atoms with E-state index in [2.05, 4.69) is 30.6 Å². The third-order valence-electron chi connectivity index (χ3n) is 6.00. The van der Waals surface area contributed by atoms with Gasteiger partial charge in [-0.25, -0.2) is 19.9 Å². The number of hydrogen-bond acceptors (Lipinski definition) is 10. The average molecular weight is 565 g/mol. The summed E-state index contributed by atoms with van der Waals surface area (Å²) >= 11 is 0.931. The highest BCUT2D eigenvalue weighted by Crippen LogP contribution is 2.36. The van der Waals surface area contributed by atoms with Gasteiger partial charge in [0.2, 0.25) is 5.91 Å². The van der Waals surface area contributed by atoms with Crippen molar-refractivity contribution in [1.82, 2.24) is 25.3 Å². The molecule has 0 saturated carbocycles. The molecule has 1 aliphatic rings. The molecule has 0 bridgehead atoms. The zero-order chi connectivity index (χ0) is 28.3. The SMILES string of the molecule is C[C@@H](NC(=O)c1cc(N2CCC(C(N)=O)CC2)ncn1)c1ncc(C(=O)Nc2cc(C(F)(F)F)c(O)cn2)s1. The van der Waals surface area contributed by atoms with Crippen LogP contribution in [0.4, 0.5) is 24.8 Å². The Kier molecular flexibility index (Phi) is 7.94. The lowest BCUT2D eigenvalue weighted by Crippen LogP contribution is -2.39. The molecule has 1 aliphatic heterocycles. The van der Waals surface area contributed by atoms with Gasteiger partial charge in [-0.2, -0.15) is 13.2 Å². The fourth-order valence-corrected chi connectivity index (χ4v) is 4.70. The number of primary amides is 1. The van der Waals surface area contributed by atoms with Gasteiger partial charge in [-0.05, 0) is 25.8 Å². The summed E-state index contributed by atoms with van der Waals surface area (Å²) in [5.41, 5.74) is 4.15. The maximum Gasteiger partial charge on any atom is 0.420 e. The molecule has 3 aromatic heterocycles. The number of halogens is 3. The van der Waals surface area contributed by atoms with E-state index in [0.29, 0.717) is 49.0 Å². The third kappa shape index (κ3) is 6.57. The molecular weight excluding hydrogens is 541 g/mol. The summed E-state index contributed by atoms with van der Waals surface area (Å²) in [5.74, 6) is -2.71. The number of thiazole rings is 1. The van der Waals surface area contributed by atoms with Gasteiger partial charge in [0.1, 0.15) is 44.9 Å². The number of anilines is 2. The first-order valence-corrected chi connectivity index (χ1v) is 12.4. The first kappa shape index (κ1) is 27.7. The molecule has 5 N–H and O–H groups in total. The van der Waals surface area contributed by atoms with E-state index in [1.165, 1.54) is 18.6 Å². The van der Waals surface area contributed by atoms with Crippen LogP contribution in [-0.2, 0) is 11.0 Å². The highest BCUT2D eigenvalue weighted by atomic mass is 32.1. The van der Waals surface area contributed by atoms with Crippen LogP contribution in [0.3, 0.4) is 0 Å². The van der Waals surface area contributed by atoms with Crippen molar-refractivity contribution in [3.05, 3.63) is 52.0 Å². The number of aromatic nitrogens is 4. The maximum absolute atomic E-state index is 13.0. The molecule has 0 unspecified atom stereocenters. The van der Waals surface area contributed by atoms with Crippen molar-refractivity contribution in [2.75, 3.05) is 23.3 Å². The minimum absolute atomic E-state index is 0.0678. The number of rotatable bonds is 7. The maximum atomic E-state index is 13.0. The fraction of sp³-hybridized carbons (Fsp3) is 0.348. The highest BCUT2D eigenvalue weighted by Gasteiger charge is 2.34. The summed E-state index contributed by atoms with van der Waals surface area (Å²) < 4.78 is 39.0. The smallest absolute Gasteiger partial charge is 0.420 e. The van der Waals surface area contributed by atoms with Crippen LogP contribution in [0.25, 0.3) is 0 Å². The van der Waals surface area contributed by atoms with E-state index in [1.54, 1.807) is 6.92 Å². The van der Waals surface area contributed by atoms with E-state index in [4.69, 9.17) is 5.73 Å². The monoisotopic (exact) mass is 564 g/mol. The average Bonchev–Trinajstić information content (AvgIpc) is 3.40. The van der Waals surface area contributed by atoms with Gasteiger partial charge in [0.15, 0.2) is 0 Å². The third-order valence-corrected chi connectivity index (χ3v) is 7.18. The minimum atomic E-state index is -4.83. The van der Waals surface area contributed by atoms with Gasteiger partial charge in [-0.1, -0.05) is 0 Å². The predicted octanol–water partition coefficient (Wildman–Crippen LogP) is 2.50. The first-order valence-electron chi connectivity index (χ1n) is 11.6. The largest absolute Gasteiger partial charge is 0.506 e. The molecule has 206 valence electrons. The molecule has 0 aromatic carbocycles. The molecule has 3 amide bonds. The van der Waals surface area contributed by atoms with Crippen LogP contribution in [0.1, 0.15) is 56.5 Å². The number of alkyl halides is 3. The molecule has 3 aromatic rings. The van der Waals surface area contributed by atoms with Crippen LogP contribution in [-0.4, -0.2) is 55.9 Å².